The monoisotopic (exact) mass is 1130 g/mol. The Morgan fingerprint density at radius 1 is 1.04 bits per heavy atom. The number of nitrogens with two attached hydrogens (primary N) is 1. The van der Waals surface area contributed by atoms with E-state index < -0.39 is 108 Å². The van der Waals surface area contributed by atoms with Crippen molar-refractivity contribution in [2.45, 2.75) is 101 Å². The van der Waals surface area contributed by atoms with Crippen molar-refractivity contribution in [2.75, 3.05) is 51.9 Å². The number of thioether (sulfide) groups is 2. The number of amides is 4. The number of carbonyl (C=O) groups excluding carboxylic acids is 5. The largest absolute Gasteiger partial charge is 0.481 e. The van der Waals surface area contributed by atoms with Crippen LogP contribution in [0.1, 0.15) is 53.2 Å². The molecule has 13 atom stereocenters. The quantitative estimate of drug-likeness (QED) is 0.0328. The van der Waals surface area contributed by atoms with Gasteiger partial charge >= 0.3 is 23.5 Å². The number of nitrogens with zero attached hydrogens (tertiary/aromatic N) is 6. The molecule has 0 spiro atoms. The van der Waals surface area contributed by atoms with E-state index in [1.165, 1.54) is 42.3 Å². The number of phosphoric acid groups is 3. The van der Waals surface area contributed by atoms with Crippen molar-refractivity contribution in [2.24, 2.45) is 17.3 Å². The number of carbonyl (C=O) groups is 5. The number of imidazole rings is 1. The van der Waals surface area contributed by atoms with Crippen LogP contribution in [-0.4, -0.2) is 187 Å². The average Bonchev–Trinajstić information content (AvgIpc) is 4.06. The number of hydrogen-bond acceptors (Lipinski definition) is 23. The highest BCUT2D eigenvalue weighted by Crippen LogP contribution is 2.61. The van der Waals surface area contributed by atoms with Gasteiger partial charge in [-0.05, 0) is 19.8 Å². The van der Waals surface area contributed by atoms with Gasteiger partial charge in [0, 0.05) is 55.6 Å². The molecule has 0 aromatic carbocycles. The van der Waals surface area contributed by atoms with Gasteiger partial charge in [-0.2, -0.15) is 4.31 Å². The van der Waals surface area contributed by atoms with Crippen molar-refractivity contribution in [1.82, 2.24) is 45.3 Å². The molecule has 2 aromatic rings. The number of aliphatic hydroxyl groups is 3. The molecule has 0 bridgehead atoms. The number of likely N-dealkylation sites (N-methyl/N-ethyl adjacent to an activating group) is 1. The molecule has 6 heterocycles. The highest BCUT2D eigenvalue weighted by atomic mass is 32.2. The topological polar surface area (TPSA) is 437 Å². The summed E-state index contributed by atoms with van der Waals surface area (Å²) in [5, 5.41) is 39.7. The number of aliphatic hydroxyl groups excluding tert-OH is 3. The van der Waals surface area contributed by atoms with E-state index in [0.29, 0.717) is 17.7 Å². The van der Waals surface area contributed by atoms with Gasteiger partial charge in [0.25, 0.3) is 0 Å². The van der Waals surface area contributed by atoms with Crippen LogP contribution in [0.4, 0.5) is 5.82 Å². The molecule has 3 fully saturated rings. The molecule has 3 saturated heterocycles. The molecule has 4 amide bonds. The van der Waals surface area contributed by atoms with Gasteiger partial charge in [0.1, 0.15) is 42.0 Å². The Bertz CT molecular complexity index is 2610. The minimum Gasteiger partial charge on any atom is -0.393 e. The first kappa shape index (κ1) is 58.8. The number of rotatable bonds is 24. The Kier molecular flexibility index (Phi) is 18.8. The molecule has 30 nitrogen and oxygen atoms in total. The van der Waals surface area contributed by atoms with Crippen LogP contribution in [0.5, 0.6) is 0 Å². The fraction of sp³-hybridized carbons (Fsp3) is 0.684. The Hall–Kier alpha value is -3.49. The third kappa shape index (κ3) is 13.9. The maximum Gasteiger partial charge on any atom is 0.481 e. The van der Waals surface area contributed by atoms with Crippen molar-refractivity contribution in [3.63, 3.8) is 0 Å². The van der Waals surface area contributed by atoms with E-state index in [2.05, 4.69) is 39.7 Å². The lowest BCUT2D eigenvalue weighted by Crippen LogP contribution is -2.63. The standard InChI is InChI=1S/C38H59N10O20P3S2/c1-17-25-23(18(2)49)35(55)48(25)26(29(17)73-22-8-7-19(45-22)34(54)46(5)6)37(56)72-12-11-40-21(50)9-10-41-33(53)30(52)38(3,4)14-65-71(62,63)68-70(60,61)64-13-20-28(67-69(57,58)59)27(51)36(66-20)47-16-44-24-31(39)42-15-43-32(24)47/h15-20,22-23,25,27-28,30,36,45,49,51-52H,7-14H2,1-6H3,(H,40,50)(H,41,53)(H,60,61)(H,62,63)(H2,39,42,43)(H2,57,58,59)/t17-,18-,19+,20?,22+,23-,25-,27?,28?,30?,36?/m1/s1. The lowest BCUT2D eigenvalue weighted by molar-refractivity contribution is -0.160. The molecular weight excluding hydrogens is 1070 g/mol. The van der Waals surface area contributed by atoms with Crippen LogP contribution in [-0.2, 0) is 60.3 Å². The van der Waals surface area contributed by atoms with Crippen LogP contribution >= 0.6 is 47.0 Å². The third-order valence-electron chi connectivity index (χ3n) is 12.1. The zero-order valence-corrected chi connectivity index (χ0v) is 44.3. The van der Waals surface area contributed by atoms with E-state index in [1.54, 1.807) is 14.1 Å². The van der Waals surface area contributed by atoms with Gasteiger partial charge in [-0.1, -0.05) is 32.5 Å². The van der Waals surface area contributed by atoms with E-state index >= 15 is 0 Å². The second kappa shape index (κ2) is 23.4. The van der Waals surface area contributed by atoms with Crippen LogP contribution in [0.2, 0.25) is 0 Å². The number of phosphoric ester groups is 3. The molecule has 2 aromatic heterocycles. The summed E-state index contributed by atoms with van der Waals surface area (Å²) in [5.41, 5.74) is 4.40. The second-order valence-corrected chi connectivity index (χ2v) is 24.9. The Balaban J connectivity index is 0.932. The number of nitrogens with one attached hydrogen (secondary N) is 3. The summed E-state index contributed by atoms with van der Waals surface area (Å²) in [6.07, 6.45) is -6.90. The summed E-state index contributed by atoms with van der Waals surface area (Å²) < 4.78 is 62.6. The predicted molar refractivity (Wildman–Crippen MR) is 255 cm³/mol. The average molecular weight is 1130 g/mol. The molecule has 408 valence electrons. The van der Waals surface area contributed by atoms with E-state index in [4.69, 9.17) is 19.5 Å². The van der Waals surface area contributed by atoms with Gasteiger partial charge in [0.15, 0.2) is 17.7 Å². The van der Waals surface area contributed by atoms with Crippen molar-refractivity contribution in [1.29, 1.82) is 0 Å². The smallest absolute Gasteiger partial charge is 0.393 e. The number of β-lactam (4-membered cyclic amide) rings is 1. The van der Waals surface area contributed by atoms with Crippen molar-refractivity contribution >= 4 is 92.7 Å². The maximum atomic E-state index is 13.7. The highest BCUT2D eigenvalue weighted by molar-refractivity contribution is 8.14. The van der Waals surface area contributed by atoms with Crippen LogP contribution < -0.4 is 21.7 Å². The number of anilines is 1. The maximum absolute atomic E-state index is 13.7. The van der Waals surface area contributed by atoms with E-state index in [-0.39, 0.29) is 77.1 Å². The number of fused-ring (bicyclic) bond motifs is 2. The van der Waals surface area contributed by atoms with E-state index in [1.807, 2.05) is 6.92 Å². The molecule has 0 aliphatic carbocycles. The minimum atomic E-state index is -5.63. The number of hydrogen-bond donors (Lipinski definition) is 11. The van der Waals surface area contributed by atoms with Gasteiger partial charge in [0.2, 0.25) is 28.7 Å². The lowest BCUT2D eigenvalue weighted by atomic mass is 9.79. The molecule has 12 N–H and O–H groups in total. The summed E-state index contributed by atoms with van der Waals surface area (Å²) in [7, 11) is -13.2. The summed E-state index contributed by atoms with van der Waals surface area (Å²) >= 11 is 2.28. The Morgan fingerprint density at radius 2 is 1.73 bits per heavy atom. The van der Waals surface area contributed by atoms with Crippen molar-refractivity contribution < 1.29 is 95.2 Å². The van der Waals surface area contributed by atoms with Crippen LogP contribution in [0.25, 0.3) is 11.2 Å². The zero-order valence-electron chi connectivity index (χ0n) is 40.0. The summed E-state index contributed by atoms with van der Waals surface area (Å²) in [6, 6.07) is -0.798. The first-order valence-electron chi connectivity index (χ1n) is 22.4. The summed E-state index contributed by atoms with van der Waals surface area (Å²) in [6.45, 7) is 3.51. The molecule has 73 heavy (non-hydrogen) atoms. The van der Waals surface area contributed by atoms with Gasteiger partial charge in [0.05, 0.1) is 49.0 Å². The molecular formula is C38H59N10O20P3S2. The van der Waals surface area contributed by atoms with Crippen LogP contribution in [0.3, 0.4) is 0 Å². The SMILES string of the molecule is C[C@@H](O)[C@H]1C(=O)N2C(C(=O)SCCNC(=O)CCNC(=O)C(O)C(C)(C)COP(=O)(O)OP(=O)(O)OCC3OC(n4cnc5c(N)ncnc54)C(O)C3OP(=O)(O)O)=C(S[C@H]3CC[C@@H](C(=O)N(C)C)N3)[C@H](C)[C@H]12. The molecule has 7 unspecified atom stereocenters. The number of ether oxygens (including phenoxy) is 1. The van der Waals surface area contributed by atoms with E-state index in [9.17, 15) is 72.6 Å². The number of nitrogen functional groups attached to an aromatic ring is 1. The first-order chi connectivity index (χ1) is 33.9. The fourth-order valence-electron chi connectivity index (χ4n) is 8.47. The van der Waals surface area contributed by atoms with Gasteiger partial charge in [-0.3, -0.25) is 47.4 Å². The van der Waals surface area contributed by atoms with Gasteiger partial charge in [-0.25, -0.2) is 28.6 Å². The van der Waals surface area contributed by atoms with E-state index in [0.717, 1.165) is 29.0 Å². The van der Waals surface area contributed by atoms with Crippen LogP contribution in [0.15, 0.2) is 23.3 Å². The molecule has 4 aliphatic heterocycles. The Morgan fingerprint density at radius 3 is 2.38 bits per heavy atom. The second-order valence-electron chi connectivity index (χ2n) is 18.3. The predicted octanol–water partition coefficient (Wildman–Crippen LogP) is -1.37. The molecule has 0 radical (unpaired) electrons. The summed E-state index contributed by atoms with van der Waals surface area (Å²) in [5.74, 6) is -2.89. The molecule has 6 rings (SSSR count). The van der Waals surface area contributed by atoms with Gasteiger partial charge in [-0.15, -0.1) is 11.8 Å². The van der Waals surface area contributed by atoms with Gasteiger partial charge < -0.3 is 65.8 Å². The van der Waals surface area contributed by atoms with Crippen molar-refractivity contribution in [3.8, 4) is 0 Å². The molecule has 35 heteroatoms. The third-order valence-corrected chi connectivity index (χ3v) is 17.6. The van der Waals surface area contributed by atoms with Crippen LogP contribution in [0, 0.1) is 17.3 Å². The summed E-state index contributed by atoms with van der Waals surface area (Å²) in [4.78, 5) is 120. The minimum absolute atomic E-state index is 0.0142. The fourth-order valence-corrected chi connectivity index (χ4v) is 13.6. The Labute approximate surface area is 425 Å². The highest BCUT2D eigenvalue weighted by Gasteiger charge is 2.60. The first-order valence-corrected chi connectivity index (χ1v) is 28.8. The zero-order chi connectivity index (χ0) is 54.1. The lowest BCUT2D eigenvalue weighted by Gasteiger charge is -2.46. The van der Waals surface area contributed by atoms with Crippen molar-refractivity contribution in [3.05, 3.63) is 23.3 Å². The number of aromatic nitrogens is 4. The molecule has 4 aliphatic rings. The normalized spacial score (nSPS) is 27.8. The molecule has 0 saturated carbocycles.